The molecule has 1 aliphatic carbocycles. The van der Waals surface area contributed by atoms with Crippen LogP contribution in [-0.4, -0.2) is 31.1 Å². The first-order chi connectivity index (χ1) is 8.08. The van der Waals surface area contributed by atoms with Crippen LogP contribution in [0.5, 0.6) is 0 Å². The molecule has 0 amide bonds. The minimum absolute atomic E-state index is 0.294. The smallest absolute Gasteiger partial charge is 0.139 e. The van der Waals surface area contributed by atoms with E-state index in [0.717, 1.165) is 19.1 Å². The molecule has 0 spiro atoms. The van der Waals surface area contributed by atoms with Gasteiger partial charge in [0, 0.05) is 25.2 Å². The summed E-state index contributed by atoms with van der Waals surface area (Å²) in [5, 5.41) is 3.17. The van der Waals surface area contributed by atoms with Gasteiger partial charge in [0.05, 0.1) is 15.8 Å². The van der Waals surface area contributed by atoms with Gasteiger partial charge in [-0.05, 0) is 41.9 Å². The number of nitrogens with zero attached hydrogens (tertiary/aromatic N) is 1. The Balaban J connectivity index is 1.87. The molecule has 0 saturated heterocycles. The molecule has 0 atom stereocenters. The van der Waals surface area contributed by atoms with Gasteiger partial charge in [-0.3, -0.25) is 0 Å². The number of rotatable bonds is 5. The van der Waals surface area contributed by atoms with E-state index >= 15 is 0 Å². The predicted octanol–water partition coefficient (Wildman–Crippen LogP) is 2.68. The molecule has 2 rings (SSSR count). The van der Waals surface area contributed by atoms with E-state index < -0.39 is 0 Å². The average molecular weight is 302 g/mol. The Morgan fingerprint density at radius 1 is 1.53 bits per heavy atom. The Hall–Kier alpha value is -0.810. The highest BCUT2D eigenvalue weighted by Gasteiger charge is 2.25. The fourth-order valence-electron chi connectivity index (χ4n) is 1.78. The van der Waals surface area contributed by atoms with E-state index in [-0.39, 0.29) is 5.82 Å². The Morgan fingerprint density at radius 3 is 2.88 bits per heavy atom. The summed E-state index contributed by atoms with van der Waals surface area (Å²) in [6.07, 6.45) is 2.59. The van der Waals surface area contributed by atoms with E-state index in [9.17, 15) is 4.39 Å². The van der Waals surface area contributed by atoms with Crippen LogP contribution in [0.1, 0.15) is 12.8 Å². The number of hydrogen-bond donors (Lipinski definition) is 2. The Kier molecular flexibility index (Phi) is 3.89. The number of likely N-dealkylation sites (N-methyl/N-ethyl adjacent to an activating group) is 1. The second-order valence-electron chi connectivity index (χ2n) is 4.49. The zero-order valence-corrected chi connectivity index (χ0v) is 11.4. The van der Waals surface area contributed by atoms with Gasteiger partial charge in [0.1, 0.15) is 5.82 Å². The normalized spacial score (nSPS) is 15.3. The highest BCUT2D eigenvalue weighted by atomic mass is 79.9. The quantitative estimate of drug-likeness (QED) is 0.822. The number of benzene rings is 1. The van der Waals surface area contributed by atoms with Crippen LogP contribution in [0.2, 0.25) is 0 Å². The van der Waals surface area contributed by atoms with Gasteiger partial charge in [0.25, 0.3) is 0 Å². The summed E-state index contributed by atoms with van der Waals surface area (Å²) in [7, 11) is 2.12. The molecule has 1 aromatic carbocycles. The lowest BCUT2D eigenvalue weighted by Crippen LogP contribution is -2.27. The molecule has 0 aromatic heterocycles. The van der Waals surface area contributed by atoms with Crippen molar-refractivity contribution in [3.05, 3.63) is 22.4 Å². The van der Waals surface area contributed by atoms with Crippen molar-refractivity contribution >= 4 is 27.3 Å². The fourth-order valence-corrected chi connectivity index (χ4v) is 2.14. The van der Waals surface area contributed by atoms with Gasteiger partial charge in [-0.1, -0.05) is 0 Å². The number of nitrogen functional groups attached to an aromatic ring is 1. The number of hydrogen-bond acceptors (Lipinski definition) is 3. The highest BCUT2D eigenvalue weighted by molar-refractivity contribution is 9.10. The Morgan fingerprint density at radius 2 is 2.24 bits per heavy atom. The number of anilines is 2. The van der Waals surface area contributed by atoms with Crippen molar-refractivity contribution in [2.45, 2.75) is 18.9 Å². The third kappa shape index (κ3) is 3.33. The maximum absolute atomic E-state index is 13.3. The molecule has 0 radical (unpaired) electrons. The van der Waals surface area contributed by atoms with Crippen LogP contribution >= 0.6 is 15.9 Å². The topological polar surface area (TPSA) is 41.3 Å². The van der Waals surface area contributed by atoms with Crippen molar-refractivity contribution in [2.24, 2.45) is 0 Å². The molecule has 1 aromatic rings. The lowest BCUT2D eigenvalue weighted by atomic mass is 10.2. The number of nitrogens with two attached hydrogens (primary N) is 1. The molecule has 0 unspecified atom stereocenters. The first-order valence-electron chi connectivity index (χ1n) is 5.76. The van der Waals surface area contributed by atoms with Crippen molar-refractivity contribution in [2.75, 3.05) is 31.2 Å². The largest absolute Gasteiger partial charge is 0.397 e. The molecule has 3 N–H and O–H groups in total. The predicted molar refractivity (Wildman–Crippen MR) is 72.7 cm³/mol. The van der Waals surface area contributed by atoms with Crippen LogP contribution in [0, 0.1) is 5.82 Å². The van der Waals surface area contributed by atoms with E-state index in [4.69, 9.17) is 5.73 Å². The third-order valence-electron chi connectivity index (χ3n) is 3.04. The molecule has 5 heteroatoms. The SMILES string of the molecule is CN(CCNc1cc(F)c(Br)cc1N)C1CC1. The summed E-state index contributed by atoms with van der Waals surface area (Å²) in [6.45, 7) is 1.72. The molecule has 0 aliphatic heterocycles. The van der Waals surface area contributed by atoms with E-state index in [2.05, 4.69) is 33.2 Å². The van der Waals surface area contributed by atoms with Gasteiger partial charge in [0.2, 0.25) is 0 Å². The van der Waals surface area contributed by atoms with Crippen LogP contribution in [0.25, 0.3) is 0 Å². The molecular formula is C12H17BrFN3. The average Bonchev–Trinajstić information content (AvgIpc) is 3.09. The van der Waals surface area contributed by atoms with Crippen molar-refractivity contribution in [3.63, 3.8) is 0 Å². The van der Waals surface area contributed by atoms with Gasteiger partial charge in [-0.15, -0.1) is 0 Å². The van der Waals surface area contributed by atoms with Gasteiger partial charge in [-0.2, -0.15) is 0 Å². The molecule has 17 heavy (non-hydrogen) atoms. The summed E-state index contributed by atoms with van der Waals surface area (Å²) in [5.41, 5.74) is 7.03. The number of nitrogens with one attached hydrogen (secondary N) is 1. The monoisotopic (exact) mass is 301 g/mol. The molecule has 3 nitrogen and oxygen atoms in total. The zero-order chi connectivity index (χ0) is 12.4. The van der Waals surface area contributed by atoms with Crippen LogP contribution in [0.4, 0.5) is 15.8 Å². The van der Waals surface area contributed by atoms with Crippen LogP contribution in [0.3, 0.4) is 0 Å². The third-order valence-corrected chi connectivity index (χ3v) is 3.65. The summed E-state index contributed by atoms with van der Waals surface area (Å²) < 4.78 is 13.7. The second-order valence-corrected chi connectivity index (χ2v) is 5.35. The summed E-state index contributed by atoms with van der Waals surface area (Å²) in [4.78, 5) is 2.32. The van der Waals surface area contributed by atoms with Crippen LogP contribution < -0.4 is 11.1 Å². The van der Waals surface area contributed by atoms with Crippen molar-refractivity contribution in [1.82, 2.24) is 4.90 Å². The van der Waals surface area contributed by atoms with Crippen molar-refractivity contribution < 1.29 is 4.39 Å². The molecule has 1 saturated carbocycles. The van der Waals surface area contributed by atoms with Gasteiger partial charge in [0.15, 0.2) is 0 Å². The minimum atomic E-state index is -0.294. The lowest BCUT2D eigenvalue weighted by molar-refractivity contribution is 0.337. The minimum Gasteiger partial charge on any atom is -0.397 e. The molecule has 1 aliphatic rings. The Labute approximate surface area is 109 Å². The fraction of sp³-hybridized carbons (Fsp3) is 0.500. The standard InChI is InChI=1S/C12H17BrFN3/c1-17(8-2-3-8)5-4-16-12-7-10(14)9(13)6-11(12)15/h6-8,16H,2-5,15H2,1H3. The Bertz CT molecular complexity index is 407. The molecule has 94 valence electrons. The van der Waals surface area contributed by atoms with E-state index in [1.165, 1.54) is 18.9 Å². The molecule has 1 fully saturated rings. The van der Waals surface area contributed by atoms with Crippen molar-refractivity contribution in [3.8, 4) is 0 Å². The molecule has 0 heterocycles. The first-order valence-corrected chi connectivity index (χ1v) is 6.56. The lowest BCUT2D eigenvalue weighted by Gasteiger charge is -2.17. The summed E-state index contributed by atoms with van der Waals surface area (Å²) >= 11 is 3.11. The second kappa shape index (κ2) is 5.23. The zero-order valence-electron chi connectivity index (χ0n) is 9.84. The first kappa shape index (κ1) is 12.6. The van der Waals surface area contributed by atoms with Crippen LogP contribution in [0.15, 0.2) is 16.6 Å². The maximum Gasteiger partial charge on any atom is 0.139 e. The summed E-state index contributed by atoms with van der Waals surface area (Å²) in [6, 6.07) is 3.76. The van der Waals surface area contributed by atoms with Crippen molar-refractivity contribution in [1.29, 1.82) is 0 Å². The van der Waals surface area contributed by atoms with Gasteiger partial charge >= 0.3 is 0 Å². The summed E-state index contributed by atoms with van der Waals surface area (Å²) in [5.74, 6) is -0.294. The van der Waals surface area contributed by atoms with Gasteiger partial charge < -0.3 is 16.0 Å². The molecule has 0 bridgehead atoms. The highest BCUT2D eigenvalue weighted by Crippen LogP contribution is 2.27. The van der Waals surface area contributed by atoms with Gasteiger partial charge in [-0.25, -0.2) is 4.39 Å². The number of halogens is 2. The maximum atomic E-state index is 13.3. The van der Waals surface area contributed by atoms with E-state index in [1.807, 2.05) is 0 Å². The van der Waals surface area contributed by atoms with E-state index in [1.54, 1.807) is 6.07 Å². The molecular weight excluding hydrogens is 285 g/mol. The van der Waals surface area contributed by atoms with E-state index in [0.29, 0.717) is 15.8 Å². The van der Waals surface area contributed by atoms with Crippen LogP contribution in [-0.2, 0) is 0 Å².